The molecule has 0 fully saturated rings. The molecule has 0 saturated carbocycles. The number of carbonyl (C=O) groups is 2. The van der Waals surface area contributed by atoms with E-state index < -0.39 is 28.5 Å². The summed E-state index contributed by atoms with van der Waals surface area (Å²) in [4.78, 5) is 28.4. The third kappa shape index (κ3) is 7.30. The molecule has 0 heterocycles. The van der Waals surface area contributed by atoms with Crippen molar-refractivity contribution < 1.29 is 22.7 Å². The van der Waals surface area contributed by atoms with Crippen LogP contribution in [-0.4, -0.2) is 50.9 Å². The van der Waals surface area contributed by atoms with Gasteiger partial charge in [0, 0.05) is 17.6 Å². The number of methoxy groups -OCH3 is 1. The van der Waals surface area contributed by atoms with Gasteiger partial charge in [-0.3, -0.25) is 13.9 Å². The maximum atomic E-state index is 14.0. The lowest BCUT2D eigenvalue weighted by Gasteiger charge is -2.33. The fourth-order valence-corrected chi connectivity index (χ4v) is 5.72. The number of hydrogen-bond donors (Lipinski definition) is 1. The molecule has 208 valence electrons. The number of anilines is 1. The fraction of sp³-hybridized carbons (Fsp3) is 0.310. The molecule has 3 rings (SSSR count). The third-order valence-electron chi connectivity index (χ3n) is 6.20. The number of halogens is 1. The van der Waals surface area contributed by atoms with Gasteiger partial charge in [0.05, 0.1) is 17.7 Å². The zero-order valence-corrected chi connectivity index (χ0v) is 24.3. The molecule has 3 aromatic carbocycles. The molecule has 10 heteroatoms. The maximum absolute atomic E-state index is 14.0. The summed E-state index contributed by atoms with van der Waals surface area (Å²) in [7, 11) is -2.62. The minimum atomic E-state index is -4.16. The molecule has 2 amide bonds. The molecule has 0 radical (unpaired) electrons. The largest absolute Gasteiger partial charge is 0.497 e. The van der Waals surface area contributed by atoms with Crippen molar-refractivity contribution in [3.05, 3.63) is 88.9 Å². The molecule has 0 aromatic heterocycles. The van der Waals surface area contributed by atoms with Crippen molar-refractivity contribution in [2.45, 2.75) is 51.2 Å². The molecule has 8 nitrogen and oxygen atoms in total. The highest BCUT2D eigenvalue weighted by atomic mass is 35.5. The fourth-order valence-electron chi connectivity index (χ4n) is 4.05. The Morgan fingerprint density at radius 3 is 2.28 bits per heavy atom. The second-order valence-electron chi connectivity index (χ2n) is 9.42. The number of sulfonamides is 1. The van der Waals surface area contributed by atoms with Crippen molar-refractivity contribution in [2.75, 3.05) is 18.0 Å². The zero-order chi connectivity index (χ0) is 28.7. The monoisotopic (exact) mass is 571 g/mol. The molecule has 1 N–H and O–H groups in total. The number of nitrogens with one attached hydrogen (secondary N) is 1. The summed E-state index contributed by atoms with van der Waals surface area (Å²) in [5, 5.41) is 3.20. The van der Waals surface area contributed by atoms with E-state index in [4.69, 9.17) is 16.3 Å². The van der Waals surface area contributed by atoms with Crippen LogP contribution in [0.3, 0.4) is 0 Å². The molecular formula is C29H34ClN3O5S. The number of benzene rings is 3. The third-order valence-corrected chi connectivity index (χ3v) is 8.39. The van der Waals surface area contributed by atoms with Crippen LogP contribution in [0.4, 0.5) is 5.69 Å². The van der Waals surface area contributed by atoms with Crippen LogP contribution in [-0.2, 0) is 26.2 Å². The molecule has 0 aliphatic rings. The van der Waals surface area contributed by atoms with Gasteiger partial charge in [0.15, 0.2) is 0 Å². The van der Waals surface area contributed by atoms with Crippen LogP contribution in [0, 0.1) is 6.92 Å². The van der Waals surface area contributed by atoms with Crippen LogP contribution < -0.4 is 14.4 Å². The van der Waals surface area contributed by atoms with Crippen LogP contribution in [0.15, 0.2) is 77.7 Å². The molecular weight excluding hydrogens is 538 g/mol. The Hall–Kier alpha value is -3.56. The van der Waals surface area contributed by atoms with E-state index in [2.05, 4.69) is 5.32 Å². The quantitative estimate of drug-likeness (QED) is 0.357. The summed E-state index contributed by atoms with van der Waals surface area (Å²) in [6, 6.07) is 18.9. The van der Waals surface area contributed by atoms with Gasteiger partial charge in [-0.2, -0.15) is 0 Å². The predicted octanol–water partition coefficient (Wildman–Crippen LogP) is 4.79. The van der Waals surface area contributed by atoms with E-state index in [0.29, 0.717) is 16.3 Å². The molecule has 39 heavy (non-hydrogen) atoms. The van der Waals surface area contributed by atoms with Gasteiger partial charge in [0.25, 0.3) is 10.0 Å². The number of hydrogen-bond acceptors (Lipinski definition) is 5. The Morgan fingerprint density at radius 2 is 1.64 bits per heavy atom. The highest BCUT2D eigenvalue weighted by molar-refractivity contribution is 7.92. The molecule has 0 saturated heterocycles. The lowest BCUT2D eigenvalue weighted by molar-refractivity contribution is -0.139. The lowest BCUT2D eigenvalue weighted by Crippen LogP contribution is -2.52. The topological polar surface area (TPSA) is 96.0 Å². The second kappa shape index (κ2) is 13.0. The van der Waals surface area contributed by atoms with E-state index in [-0.39, 0.29) is 29.1 Å². The molecule has 0 spiro atoms. The number of nitrogens with zero attached hydrogens (tertiary/aromatic N) is 2. The standard InChI is InChI=1S/C29H34ClN3O5S/c1-20(2)31-29(35)22(4)32(18-23-11-9-12-24(17-23)38-5)28(34)19-33(27-16-10-15-26(30)21(27)3)39(36,37)25-13-7-6-8-14-25/h6-17,20,22H,18-19H2,1-5H3,(H,31,35). The van der Waals surface area contributed by atoms with Gasteiger partial charge >= 0.3 is 0 Å². The average molecular weight is 572 g/mol. The summed E-state index contributed by atoms with van der Waals surface area (Å²) in [6.07, 6.45) is 0. The first-order chi connectivity index (χ1) is 18.4. The lowest BCUT2D eigenvalue weighted by atomic mass is 10.1. The molecule has 0 bridgehead atoms. The van der Waals surface area contributed by atoms with Crippen LogP contribution in [0.2, 0.25) is 5.02 Å². The van der Waals surface area contributed by atoms with Crippen LogP contribution in [0.5, 0.6) is 5.75 Å². The molecule has 0 aliphatic carbocycles. The van der Waals surface area contributed by atoms with E-state index in [0.717, 1.165) is 9.87 Å². The van der Waals surface area contributed by atoms with Gasteiger partial charge in [-0.1, -0.05) is 48.0 Å². The number of amides is 2. The van der Waals surface area contributed by atoms with E-state index >= 15 is 0 Å². The maximum Gasteiger partial charge on any atom is 0.264 e. The van der Waals surface area contributed by atoms with E-state index in [1.165, 1.54) is 17.0 Å². The van der Waals surface area contributed by atoms with Crippen LogP contribution in [0.1, 0.15) is 31.9 Å². The summed E-state index contributed by atoms with van der Waals surface area (Å²) >= 11 is 6.35. The number of ether oxygens (including phenoxy) is 1. The molecule has 3 aromatic rings. The van der Waals surface area contributed by atoms with Gasteiger partial charge < -0.3 is 15.0 Å². The minimum Gasteiger partial charge on any atom is -0.497 e. The predicted molar refractivity (Wildman–Crippen MR) is 153 cm³/mol. The minimum absolute atomic E-state index is 0.0297. The first-order valence-corrected chi connectivity index (χ1v) is 14.3. The molecule has 0 aliphatic heterocycles. The Kier molecular flexibility index (Phi) is 9.99. The first-order valence-electron chi connectivity index (χ1n) is 12.5. The van der Waals surface area contributed by atoms with Crippen molar-refractivity contribution in [3.8, 4) is 5.75 Å². The van der Waals surface area contributed by atoms with Gasteiger partial charge in [-0.05, 0) is 75.2 Å². The van der Waals surface area contributed by atoms with Gasteiger partial charge in [0.1, 0.15) is 18.3 Å². The number of carbonyl (C=O) groups excluding carboxylic acids is 2. The summed E-state index contributed by atoms with van der Waals surface area (Å²) < 4.78 is 34.1. The van der Waals surface area contributed by atoms with Crippen molar-refractivity contribution in [1.29, 1.82) is 0 Å². The van der Waals surface area contributed by atoms with Gasteiger partial charge in [-0.25, -0.2) is 8.42 Å². The highest BCUT2D eigenvalue weighted by Gasteiger charge is 2.33. The Morgan fingerprint density at radius 1 is 0.974 bits per heavy atom. The Balaban J connectivity index is 2.07. The van der Waals surface area contributed by atoms with Gasteiger partial charge in [-0.15, -0.1) is 0 Å². The summed E-state index contributed by atoms with van der Waals surface area (Å²) in [5.74, 6) is -0.303. The van der Waals surface area contributed by atoms with Crippen molar-refractivity contribution in [2.24, 2.45) is 0 Å². The molecule has 1 atom stereocenters. The number of rotatable bonds is 11. The van der Waals surface area contributed by atoms with Crippen molar-refractivity contribution >= 4 is 39.1 Å². The smallest absolute Gasteiger partial charge is 0.264 e. The van der Waals surface area contributed by atoms with Gasteiger partial charge in [0.2, 0.25) is 11.8 Å². The van der Waals surface area contributed by atoms with Crippen molar-refractivity contribution in [3.63, 3.8) is 0 Å². The zero-order valence-electron chi connectivity index (χ0n) is 22.7. The van der Waals surface area contributed by atoms with Crippen LogP contribution in [0.25, 0.3) is 0 Å². The van der Waals surface area contributed by atoms with E-state index in [1.54, 1.807) is 75.6 Å². The second-order valence-corrected chi connectivity index (χ2v) is 11.7. The van der Waals surface area contributed by atoms with E-state index in [1.807, 2.05) is 19.9 Å². The average Bonchev–Trinajstić information content (AvgIpc) is 2.91. The normalized spacial score (nSPS) is 12.1. The molecule has 1 unspecified atom stereocenters. The summed E-state index contributed by atoms with van der Waals surface area (Å²) in [6.45, 7) is 6.50. The summed E-state index contributed by atoms with van der Waals surface area (Å²) in [5.41, 5.74) is 1.51. The Bertz CT molecular complexity index is 1410. The van der Waals surface area contributed by atoms with E-state index in [9.17, 15) is 18.0 Å². The SMILES string of the molecule is COc1cccc(CN(C(=O)CN(c2cccc(Cl)c2C)S(=O)(=O)c2ccccc2)C(C)C(=O)NC(C)C)c1. The Labute approximate surface area is 235 Å². The first kappa shape index (κ1) is 30.0. The van der Waals surface area contributed by atoms with Crippen LogP contribution >= 0.6 is 11.6 Å². The highest BCUT2D eigenvalue weighted by Crippen LogP contribution is 2.31. The van der Waals surface area contributed by atoms with Crippen molar-refractivity contribution in [1.82, 2.24) is 10.2 Å².